The summed E-state index contributed by atoms with van der Waals surface area (Å²) in [6, 6.07) is 4.25. The van der Waals surface area contributed by atoms with E-state index in [2.05, 4.69) is 5.32 Å². The Labute approximate surface area is 89.5 Å². The molecule has 0 heterocycles. The lowest BCUT2D eigenvalue weighted by molar-refractivity contribution is 0.474. The summed E-state index contributed by atoms with van der Waals surface area (Å²) < 4.78 is 26.8. The zero-order valence-corrected chi connectivity index (χ0v) is 9.35. The molecule has 1 rings (SSSR count). The van der Waals surface area contributed by atoms with Crippen molar-refractivity contribution < 1.29 is 8.78 Å². The van der Waals surface area contributed by atoms with E-state index in [4.69, 9.17) is 0 Å². The monoisotopic (exact) mass is 213 g/mol. The first-order valence-electron chi connectivity index (χ1n) is 5.17. The van der Waals surface area contributed by atoms with Crippen LogP contribution >= 0.6 is 0 Å². The summed E-state index contributed by atoms with van der Waals surface area (Å²) in [7, 11) is 1.84. The third kappa shape index (κ3) is 2.99. The highest BCUT2D eigenvalue weighted by molar-refractivity contribution is 5.23. The molecular formula is C12H17F2N. The first kappa shape index (κ1) is 12.1. The van der Waals surface area contributed by atoms with Crippen LogP contribution in [0.15, 0.2) is 18.2 Å². The van der Waals surface area contributed by atoms with E-state index in [0.29, 0.717) is 6.42 Å². The standard InChI is InChI=1S/C12H17F2N/c1-8(7-9(2)15-3)12-10(13)5-4-6-11(12)14/h4-6,8-9,15H,7H2,1-3H3. The lowest BCUT2D eigenvalue weighted by atomic mass is 9.93. The molecule has 1 nitrogen and oxygen atoms in total. The lowest BCUT2D eigenvalue weighted by Crippen LogP contribution is -2.23. The maximum atomic E-state index is 13.4. The Bertz CT molecular complexity index is 305. The summed E-state index contributed by atoms with van der Waals surface area (Å²) >= 11 is 0. The lowest BCUT2D eigenvalue weighted by Gasteiger charge is -2.18. The van der Waals surface area contributed by atoms with Gasteiger partial charge in [0.05, 0.1) is 0 Å². The third-order valence-electron chi connectivity index (χ3n) is 2.69. The minimum Gasteiger partial charge on any atom is -0.317 e. The van der Waals surface area contributed by atoms with Gasteiger partial charge in [-0.05, 0) is 38.4 Å². The van der Waals surface area contributed by atoms with Crippen LogP contribution in [0.25, 0.3) is 0 Å². The van der Waals surface area contributed by atoms with E-state index in [1.165, 1.54) is 18.2 Å². The Morgan fingerprint density at radius 2 is 1.73 bits per heavy atom. The summed E-state index contributed by atoms with van der Waals surface area (Å²) in [5.41, 5.74) is 0.194. The van der Waals surface area contributed by atoms with E-state index in [0.717, 1.165) is 0 Å². The fourth-order valence-corrected chi connectivity index (χ4v) is 1.75. The SMILES string of the molecule is CNC(C)CC(C)c1c(F)cccc1F. The number of rotatable bonds is 4. The minimum atomic E-state index is -0.453. The van der Waals surface area contributed by atoms with Crippen LogP contribution in [0.5, 0.6) is 0 Å². The normalized spacial score (nSPS) is 15.0. The summed E-state index contributed by atoms with van der Waals surface area (Å²) in [6.07, 6.45) is 0.717. The van der Waals surface area contributed by atoms with Crippen LogP contribution in [0.4, 0.5) is 8.78 Å². The molecule has 0 saturated carbocycles. The topological polar surface area (TPSA) is 12.0 Å². The number of benzene rings is 1. The molecule has 0 bridgehead atoms. The van der Waals surface area contributed by atoms with Crippen molar-refractivity contribution in [2.45, 2.75) is 32.2 Å². The molecule has 0 aromatic heterocycles. The van der Waals surface area contributed by atoms with Gasteiger partial charge in [-0.3, -0.25) is 0 Å². The largest absolute Gasteiger partial charge is 0.317 e. The second-order valence-corrected chi connectivity index (χ2v) is 3.96. The van der Waals surface area contributed by atoms with E-state index in [1.807, 2.05) is 20.9 Å². The zero-order valence-electron chi connectivity index (χ0n) is 9.35. The van der Waals surface area contributed by atoms with Crippen molar-refractivity contribution in [3.8, 4) is 0 Å². The highest BCUT2D eigenvalue weighted by atomic mass is 19.1. The smallest absolute Gasteiger partial charge is 0.129 e. The molecule has 1 aromatic rings. The highest BCUT2D eigenvalue weighted by Gasteiger charge is 2.17. The van der Waals surface area contributed by atoms with Crippen molar-refractivity contribution in [3.05, 3.63) is 35.4 Å². The molecule has 0 spiro atoms. The van der Waals surface area contributed by atoms with Gasteiger partial charge in [0.25, 0.3) is 0 Å². The van der Waals surface area contributed by atoms with Crippen LogP contribution in [0.1, 0.15) is 31.7 Å². The molecule has 0 radical (unpaired) electrons. The number of nitrogens with one attached hydrogen (secondary N) is 1. The summed E-state index contributed by atoms with van der Waals surface area (Å²) in [4.78, 5) is 0. The Kier molecular flexibility index (Phi) is 4.21. The molecule has 3 heteroatoms. The Morgan fingerprint density at radius 3 is 2.20 bits per heavy atom. The van der Waals surface area contributed by atoms with Crippen molar-refractivity contribution in [3.63, 3.8) is 0 Å². The minimum absolute atomic E-state index is 0.117. The van der Waals surface area contributed by atoms with Gasteiger partial charge < -0.3 is 5.32 Å². The highest BCUT2D eigenvalue weighted by Crippen LogP contribution is 2.25. The molecule has 2 unspecified atom stereocenters. The molecular weight excluding hydrogens is 196 g/mol. The second kappa shape index (κ2) is 5.21. The van der Waals surface area contributed by atoms with Crippen LogP contribution in [0.3, 0.4) is 0 Å². The van der Waals surface area contributed by atoms with Gasteiger partial charge in [-0.25, -0.2) is 8.78 Å². The molecule has 15 heavy (non-hydrogen) atoms. The number of hydrogen-bond donors (Lipinski definition) is 1. The zero-order chi connectivity index (χ0) is 11.4. The van der Waals surface area contributed by atoms with Crippen LogP contribution in [0, 0.1) is 11.6 Å². The molecule has 1 aromatic carbocycles. The predicted octanol–water partition coefficient (Wildman–Crippen LogP) is 3.07. The maximum absolute atomic E-state index is 13.4. The molecule has 0 aliphatic rings. The average Bonchev–Trinajstić information content (AvgIpc) is 2.17. The van der Waals surface area contributed by atoms with Crippen molar-refractivity contribution in [2.75, 3.05) is 7.05 Å². The van der Waals surface area contributed by atoms with Crippen molar-refractivity contribution in [1.82, 2.24) is 5.32 Å². The number of hydrogen-bond acceptors (Lipinski definition) is 1. The van der Waals surface area contributed by atoms with E-state index in [-0.39, 0.29) is 17.5 Å². The van der Waals surface area contributed by atoms with E-state index < -0.39 is 11.6 Å². The van der Waals surface area contributed by atoms with Crippen molar-refractivity contribution in [1.29, 1.82) is 0 Å². The quantitative estimate of drug-likeness (QED) is 0.810. The van der Waals surface area contributed by atoms with Gasteiger partial charge in [0.15, 0.2) is 0 Å². The van der Waals surface area contributed by atoms with Gasteiger partial charge >= 0.3 is 0 Å². The van der Waals surface area contributed by atoms with E-state index in [9.17, 15) is 8.78 Å². The van der Waals surface area contributed by atoms with Crippen molar-refractivity contribution in [2.24, 2.45) is 0 Å². The van der Waals surface area contributed by atoms with Gasteiger partial charge in [0, 0.05) is 11.6 Å². The van der Waals surface area contributed by atoms with E-state index in [1.54, 1.807) is 0 Å². The van der Waals surface area contributed by atoms with Crippen LogP contribution in [-0.4, -0.2) is 13.1 Å². The summed E-state index contributed by atoms with van der Waals surface area (Å²) in [5, 5.41) is 3.06. The number of halogens is 2. The van der Waals surface area contributed by atoms with Gasteiger partial charge in [-0.1, -0.05) is 13.0 Å². The van der Waals surface area contributed by atoms with Gasteiger partial charge in [-0.2, -0.15) is 0 Å². The first-order chi connectivity index (χ1) is 7.06. The molecule has 1 N–H and O–H groups in total. The van der Waals surface area contributed by atoms with Crippen molar-refractivity contribution >= 4 is 0 Å². The Hall–Kier alpha value is -0.960. The van der Waals surface area contributed by atoms with Gasteiger partial charge in [-0.15, -0.1) is 0 Å². The Balaban J connectivity index is 2.86. The average molecular weight is 213 g/mol. The first-order valence-corrected chi connectivity index (χ1v) is 5.17. The third-order valence-corrected chi connectivity index (χ3v) is 2.69. The molecule has 84 valence electrons. The fraction of sp³-hybridized carbons (Fsp3) is 0.500. The predicted molar refractivity (Wildman–Crippen MR) is 57.9 cm³/mol. The molecule has 0 aliphatic heterocycles. The molecule has 2 atom stereocenters. The second-order valence-electron chi connectivity index (χ2n) is 3.96. The van der Waals surface area contributed by atoms with Crippen LogP contribution in [-0.2, 0) is 0 Å². The molecule has 0 fully saturated rings. The molecule has 0 aliphatic carbocycles. The van der Waals surface area contributed by atoms with Gasteiger partial charge in [0.2, 0.25) is 0 Å². The van der Waals surface area contributed by atoms with Gasteiger partial charge in [0.1, 0.15) is 11.6 Å². The van der Waals surface area contributed by atoms with Crippen LogP contribution < -0.4 is 5.32 Å². The fourth-order valence-electron chi connectivity index (χ4n) is 1.75. The molecule has 0 saturated heterocycles. The summed E-state index contributed by atoms with van der Waals surface area (Å²) in [5.74, 6) is -1.02. The molecule has 0 amide bonds. The maximum Gasteiger partial charge on any atom is 0.129 e. The Morgan fingerprint density at radius 1 is 1.20 bits per heavy atom. The van der Waals surface area contributed by atoms with E-state index >= 15 is 0 Å². The van der Waals surface area contributed by atoms with Crippen LogP contribution in [0.2, 0.25) is 0 Å². The summed E-state index contributed by atoms with van der Waals surface area (Å²) in [6.45, 7) is 3.84.